The fourth-order valence-corrected chi connectivity index (χ4v) is 4.00. The molecule has 0 spiro atoms. The molecule has 7 nitrogen and oxygen atoms in total. The third-order valence-corrected chi connectivity index (χ3v) is 5.65. The van der Waals surface area contributed by atoms with Crippen LogP contribution in [0.3, 0.4) is 0 Å². The van der Waals surface area contributed by atoms with E-state index in [4.69, 9.17) is 11.6 Å². The van der Waals surface area contributed by atoms with Gasteiger partial charge in [-0.15, -0.1) is 4.70 Å². The summed E-state index contributed by atoms with van der Waals surface area (Å²) in [7, 11) is 0. The van der Waals surface area contributed by atoms with Crippen LogP contribution in [-0.2, 0) is 6.42 Å². The number of hydrogen-bond donors (Lipinski definition) is 1. The van der Waals surface area contributed by atoms with Gasteiger partial charge in [-0.2, -0.15) is 5.21 Å². The number of aliphatic hydroxyl groups is 1. The molecule has 0 bridgehead atoms. The highest BCUT2D eigenvalue weighted by molar-refractivity contribution is 6.29. The van der Waals surface area contributed by atoms with Crippen LogP contribution in [0.15, 0.2) is 64.4 Å². The van der Waals surface area contributed by atoms with Gasteiger partial charge >= 0.3 is 0 Å². The van der Waals surface area contributed by atoms with E-state index in [1.54, 1.807) is 0 Å². The van der Waals surface area contributed by atoms with Gasteiger partial charge in [0.1, 0.15) is 0 Å². The second-order valence-electron chi connectivity index (χ2n) is 7.26. The van der Waals surface area contributed by atoms with E-state index >= 15 is 0 Å². The molecule has 30 heavy (non-hydrogen) atoms. The highest BCUT2D eigenvalue weighted by Crippen LogP contribution is 2.31. The minimum atomic E-state index is -0.0806. The summed E-state index contributed by atoms with van der Waals surface area (Å²) >= 11 is 6.27. The van der Waals surface area contributed by atoms with Gasteiger partial charge in [0, 0.05) is 23.8 Å². The second-order valence-corrected chi connectivity index (χ2v) is 7.61. The number of rotatable bonds is 8. The number of nitrogens with zero attached hydrogens (tertiary/aromatic N) is 6. The Labute approximate surface area is 180 Å². The lowest BCUT2D eigenvalue weighted by molar-refractivity contribution is -0.611. The first-order valence-electron chi connectivity index (χ1n) is 10.1. The third-order valence-electron chi connectivity index (χ3n) is 5.34. The maximum atomic E-state index is 9.79. The predicted molar refractivity (Wildman–Crippen MR) is 114 cm³/mol. The molecule has 1 atom stereocenters. The van der Waals surface area contributed by atoms with Gasteiger partial charge in [0.05, 0.1) is 12.2 Å². The van der Waals surface area contributed by atoms with Gasteiger partial charge in [0.2, 0.25) is 11.2 Å². The lowest BCUT2D eigenvalue weighted by Gasteiger charge is -2.13. The molecule has 0 aliphatic carbocycles. The number of hydrogen-bond acceptors (Lipinski definition) is 5. The summed E-state index contributed by atoms with van der Waals surface area (Å²) in [4.78, 5) is 0. The molecule has 0 fully saturated rings. The molecule has 2 heterocycles. The number of aromatic nitrogens is 4. The van der Waals surface area contributed by atoms with Crippen molar-refractivity contribution < 1.29 is 9.80 Å². The van der Waals surface area contributed by atoms with Crippen LogP contribution in [0.4, 0.5) is 0 Å². The Morgan fingerprint density at radius 3 is 2.53 bits per heavy atom. The summed E-state index contributed by atoms with van der Waals surface area (Å²) in [5.41, 5.74) is 4.93. The molecular formula is C22H23ClN6O. The van der Waals surface area contributed by atoms with E-state index < -0.39 is 0 Å². The first-order valence-corrected chi connectivity index (χ1v) is 10.4. The van der Waals surface area contributed by atoms with E-state index in [0.717, 1.165) is 53.6 Å². The smallest absolute Gasteiger partial charge is 0.209 e. The number of benzene rings is 2. The fourth-order valence-electron chi connectivity index (χ4n) is 3.72. The normalized spacial score (nSPS) is 16.2. The van der Waals surface area contributed by atoms with Crippen LogP contribution in [0, 0.1) is 0 Å². The zero-order valence-electron chi connectivity index (χ0n) is 16.7. The van der Waals surface area contributed by atoms with Crippen molar-refractivity contribution in [2.75, 3.05) is 13.2 Å². The lowest BCUT2D eigenvalue weighted by Crippen LogP contribution is -2.28. The van der Waals surface area contributed by atoms with Crippen LogP contribution in [0.5, 0.6) is 0 Å². The Hall–Kier alpha value is -2.90. The Bertz CT molecular complexity index is 1060. The van der Waals surface area contributed by atoms with Crippen molar-refractivity contribution in [3.05, 3.63) is 64.8 Å². The van der Waals surface area contributed by atoms with Crippen molar-refractivity contribution in [3.63, 3.8) is 0 Å². The van der Waals surface area contributed by atoms with E-state index in [-0.39, 0.29) is 12.6 Å². The van der Waals surface area contributed by atoms with Gasteiger partial charge in [0.25, 0.3) is 0 Å². The number of aliphatic hydroxyl groups excluding tert-OH is 1. The number of tetrazole rings is 1. The molecule has 8 heteroatoms. The molecule has 0 saturated carbocycles. The Balaban J connectivity index is 1.57. The Morgan fingerprint density at radius 2 is 1.87 bits per heavy atom. The number of unbranched alkanes of at least 4 members (excludes halogenated alkanes) is 1. The van der Waals surface area contributed by atoms with Crippen LogP contribution in [0.2, 0.25) is 0 Å². The molecule has 154 valence electrons. The van der Waals surface area contributed by atoms with E-state index in [0.29, 0.717) is 11.0 Å². The fraction of sp³-hybridized carbons (Fsp3) is 0.318. The van der Waals surface area contributed by atoms with Crippen LogP contribution in [0.1, 0.15) is 25.3 Å². The van der Waals surface area contributed by atoms with Crippen molar-refractivity contribution in [1.29, 1.82) is 0 Å². The summed E-state index contributed by atoms with van der Waals surface area (Å²) in [5, 5.41) is 29.8. The van der Waals surface area contributed by atoms with Crippen molar-refractivity contribution in [2.45, 2.75) is 32.2 Å². The van der Waals surface area contributed by atoms with Crippen molar-refractivity contribution in [1.82, 2.24) is 20.6 Å². The second kappa shape index (κ2) is 9.28. The summed E-state index contributed by atoms with van der Waals surface area (Å²) in [5.74, 6) is 0.515. The molecule has 1 aliphatic rings. The predicted octanol–water partition coefficient (Wildman–Crippen LogP) is 3.80. The zero-order valence-corrected chi connectivity index (χ0v) is 17.5. The molecule has 1 aromatic heterocycles. The van der Waals surface area contributed by atoms with Crippen LogP contribution in [-0.4, -0.2) is 44.5 Å². The van der Waals surface area contributed by atoms with Crippen LogP contribution in [0.25, 0.3) is 22.5 Å². The van der Waals surface area contributed by atoms with Crippen molar-refractivity contribution in [3.8, 4) is 22.5 Å². The van der Waals surface area contributed by atoms with Gasteiger partial charge in [-0.1, -0.05) is 73.5 Å². The third kappa shape index (κ3) is 4.17. The molecule has 0 saturated heterocycles. The van der Waals surface area contributed by atoms with Crippen LogP contribution >= 0.6 is 11.6 Å². The molecule has 0 radical (unpaired) electrons. The highest BCUT2D eigenvalue weighted by Gasteiger charge is 2.35. The maximum Gasteiger partial charge on any atom is 0.209 e. The maximum absolute atomic E-state index is 9.79. The molecule has 1 aliphatic heterocycles. The molecule has 0 amide bonds. The number of azo groups is 2. The quantitative estimate of drug-likeness (QED) is 0.440. The molecular weight excluding hydrogens is 400 g/mol. The molecule has 1 N–H and O–H groups in total. The SMILES string of the molecule is CCCC[N+]1=NC(Cl)=C(CO)C1Cc1ccc(-c2ccccc2-c2nnn[n-]2)cc1. The van der Waals surface area contributed by atoms with Crippen molar-refractivity contribution in [2.24, 2.45) is 5.11 Å². The summed E-state index contributed by atoms with van der Waals surface area (Å²) in [6.07, 6.45) is 2.85. The topological polar surface area (TPSA) is 88.4 Å². The highest BCUT2D eigenvalue weighted by atomic mass is 35.5. The standard InChI is InChI=1S/C22H23ClN6O/c1-2-3-12-29-20(19(14-30)21(23)26-29)13-15-8-10-16(11-9-15)17-6-4-5-7-18(17)22-24-27-28-25-22/h4-11,20,30H,2-3,12-14H2,1H3. The van der Waals surface area contributed by atoms with E-state index in [9.17, 15) is 5.11 Å². The Kier molecular flexibility index (Phi) is 6.30. The minimum absolute atomic E-state index is 0.0120. The van der Waals surface area contributed by atoms with Gasteiger partial charge in [0.15, 0.2) is 6.54 Å². The average molecular weight is 423 g/mol. The average Bonchev–Trinajstić information content (AvgIpc) is 3.41. The first kappa shape index (κ1) is 20.4. The largest absolute Gasteiger partial charge is 0.392 e. The minimum Gasteiger partial charge on any atom is -0.392 e. The Morgan fingerprint density at radius 1 is 1.10 bits per heavy atom. The van der Waals surface area contributed by atoms with E-state index in [1.807, 2.05) is 29.0 Å². The summed E-state index contributed by atoms with van der Waals surface area (Å²) < 4.78 is 2.01. The molecule has 1 unspecified atom stereocenters. The van der Waals surface area contributed by atoms with Gasteiger partial charge in [-0.05, 0) is 22.3 Å². The van der Waals surface area contributed by atoms with Gasteiger partial charge in [-0.25, -0.2) is 0 Å². The first-order chi connectivity index (χ1) is 14.7. The lowest BCUT2D eigenvalue weighted by atomic mass is 9.95. The van der Waals surface area contributed by atoms with Gasteiger partial charge < -0.3 is 10.2 Å². The molecule has 4 rings (SSSR count). The zero-order chi connectivity index (χ0) is 20.9. The van der Waals surface area contributed by atoms with Crippen LogP contribution < -0.4 is 5.10 Å². The summed E-state index contributed by atoms with van der Waals surface area (Å²) in [6, 6.07) is 16.3. The van der Waals surface area contributed by atoms with E-state index in [1.165, 1.54) is 0 Å². The summed E-state index contributed by atoms with van der Waals surface area (Å²) in [6.45, 7) is 2.90. The number of halogens is 1. The monoisotopic (exact) mass is 422 g/mol. The molecule has 3 aromatic rings. The van der Waals surface area contributed by atoms with E-state index in [2.05, 4.69) is 56.9 Å². The van der Waals surface area contributed by atoms with Crippen molar-refractivity contribution >= 4 is 11.6 Å². The van der Waals surface area contributed by atoms with Gasteiger partial charge in [-0.3, -0.25) is 10.3 Å². The molecule has 2 aromatic carbocycles.